The highest BCUT2D eigenvalue weighted by molar-refractivity contribution is 7.89. The molecule has 0 amide bonds. The molecule has 0 aliphatic carbocycles. The summed E-state index contributed by atoms with van der Waals surface area (Å²) in [5, 5.41) is 10.7. The van der Waals surface area contributed by atoms with E-state index in [0.717, 1.165) is 5.56 Å². The quantitative estimate of drug-likeness (QED) is 0.276. The van der Waals surface area contributed by atoms with Crippen LogP contribution in [-0.4, -0.2) is 37.0 Å². The summed E-state index contributed by atoms with van der Waals surface area (Å²) in [5.74, 6) is -0.680. The van der Waals surface area contributed by atoms with Gasteiger partial charge in [0.15, 0.2) is 0 Å². The number of rotatable bonds is 9. The van der Waals surface area contributed by atoms with Gasteiger partial charge in [0, 0.05) is 12.6 Å². The summed E-state index contributed by atoms with van der Waals surface area (Å²) in [6.45, 7) is 5.66. The van der Waals surface area contributed by atoms with Crippen LogP contribution in [0.4, 0.5) is 4.39 Å². The Morgan fingerprint density at radius 1 is 1.00 bits per heavy atom. The molecule has 0 aliphatic heterocycles. The summed E-state index contributed by atoms with van der Waals surface area (Å²) in [4.78, 5) is 11.6. The topological polar surface area (TPSA) is 83.9 Å². The van der Waals surface area contributed by atoms with E-state index in [-0.39, 0.29) is 23.9 Å². The van der Waals surface area contributed by atoms with Crippen LogP contribution in [0.25, 0.3) is 21.9 Å². The van der Waals surface area contributed by atoms with Crippen molar-refractivity contribution in [3.05, 3.63) is 95.3 Å². The first-order chi connectivity index (χ1) is 18.0. The number of ether oxygens (including phenoxy) is 1. The molecular formula is C30H30FNO5S. The van der Waals surface area contributed by atoms with E-state index in [1.807, 2.05) is 26.0 Å². The van der Waals surface area contributed by atoms with Gasteiger partial charge in [-0.05, 0) is 95.8 Å². The van der Waals surface area contributed by atoms with E-state index >= 15 is 0 Å². The van der Waals surface area contributed by atoms with Crippen LogP contribution in [0, 0.1) is 12.7 Å². The molecule has 0 saturated heterocycles. The zero-order valence-corrected chi connectivity index (χ0v) is 22.5. The van der Waals surface area contributed by atoms with Gasteiger partial charge in [-0.1, -0.05) is 36.4 Å². The van der Waals surface area contributed by atoms with Gasteiger partial charge in [0.1, 0.15) is 11.6 Å². The zero-order valence-electron chi connectivity index (χ0n) is 21.7. The van der Waals surface area contributed by atoms with Gasteiger partial charge >= 0.3 is 5.97 Å². The van der Waals surface area contributed by atoms with Gasteiger partial charge in [-0.2, -0.15) is 4.31 Å². The fraction of sp³-hybridized carbons (Fsp3) is 0.233. The number of aliphatic carboxylic acids is 1. The maximum absolute atomic E-state index is 14.2. The monoisotopic (exact) mass is 535 g/mol. The van der Waals surface area contributed by atoms with Crippen LogP contribution < -0.4 is 4.74 Å². The number of carboxylic acid groups (broad SMARTS) is 1. The van der Waals surface area contributed by atoms with E-state index in [0.29, 0.717) is 38.8 Å². The first-order valence-corrected chi connectivity index (χ1v) is 13.6. The van der Waals surface area contributed by atoms with E-state index in [1.165, 1.54) is 16.4 Å². The predicted molar refractivity (Wildman–Crippen MR) is 146 cm³/mol. The van der Waals surface area contributed by atoms with Crippen LogP contribution >= 0.6 is 0 Å². The highest BCUT2D eigenvalue weighted by Gasteiger charge is 2.27. The van der Waals surface area contributed by atoms with Crippen molar-refractivity contribution in [3.8, 4) is 16.9 Å². The molecule has 4 aromatic carbocycles. The second kappa shape index (κ2) is 10.9. The van der Waals surface area contributed by atoms with Crippen molar-refractivity contribution in [3.63, 3.8) is 0 Å². The summed E-state index contributed by atoms with van der Waals surface area (Å²) >= 11 is 0. The predicted octanol–water partition coefficient (Wildman–Crippen LogP) is 6.19. The van der Waals surface area contributed by atoms with Gasteiger partial charge in [-0.3, -0.25) is 4.79 Å². The molecular weight excluding hydrogens is 505 g/mol. The maximum atomic E-state index is 14.2. The van der Waals surface area contributed by atoms with Crippen molar-refractivity contribution in [2.24, 2.45) is 0 Å². The minimum atomic E-state index is -3.83. The molecule has 0 fully saturated rings. The van der Waals surface area contributed by atoms with Gasteiger partial charge in [0.05, 0.1) is 18.4 Å². The Balaban J connectivity index is 1.75. The van der Waals surface area contributed by atoms with E-state index in [1.54, 1.807) is 62.6 Å². The van der Waals surface area contributed by atoms with E-state index in [4.69, 9.17) is 4.74 Å². The Hall–Kier alpha value is -3.75. The van der Waals surface area contributed by atoms with Crippen LogP contribution in [0.1, 0.15) is 30.5 Å². The molecule has 0 aromatic heterocycles. The average molecular weight is 536 g/mol. The molecule has 0 saturated carbocycles. The molecule has 0 unspecified atom stereocenters. The number of benzene rings is 4. The van der Waals surface area contributed by atoms with Gasteiger partial charge in [-0.15, -0.1) is 0 Å². The second-order valence-electron chi connectivity index (χ2n) is 9.49. The fourth-order valence-electron chi connectivity index (χ4n) is 4.63. The van der Waals surface area contributed by atoms with Crippen LogP contribution in [0.5, 0.6) is 5.75 Å². The van der Waals surface area contributed by atoms with Crippen molar-refractivity contribution in [1.29, 1.82) is 0 Å². The number of halogens is 1. The van der Waals surface area contributed by atoms with Crippen molar-refractivity contribution in [2.45, 2.75) is 44.7 Å². The first-order valence-electron chi connectivity index (χ1n) is 12.2. The summed E-state index contributed by atoms with van der Waals surface area (Å²) in [7, 11) is -2.26. The van der Waals surface area contributed by atoms with E-state index < -0.39 is 21.8 Å². The van der Waals surface area contributed by atoms with E-state index in [2.05, 4.69) is 0 Å². The normalized spacial score (nSPS) is 11.9. The zero-order chi connectivity index (χ0) is 27.6. The number of methoxy groups -OCH3 is 1. The summed E-state index contributed by atoms with van der Waals surface area (Å²) in [6, 6.07) is 19.6. The lowest BCUT2D eigenvalue weighted by Crippen LogP contribution is -2.36. The Labute approximate surface area is 222 Å². The highest BCUT2D eigenvalue weighted by Crippen LogP contribution is 2.36. The molecule has 6 nitrogen and oxygen atoms in total. The lowest BCUT2D eigenvalue weighted by Gasteiger charge is -2.26. The van der Waals surface area contributed by atoms with Gasteiger partial charge in [-0.25, -0.2) is 12.8 Å². The van der Waals surface area contributed by atoms with Crippen molar-refractivity contribution in [2.75, 3.05) is 7.11 Å². The van der Waals surface area contributed by atoms with Gasteiger partial charge in [0.25, 0.3) is 0 Å². The number of fused-ring (bicyclic) bond motifs is 1. The molecule has 0 spiro atoms. The summed E-state index contributed by atoms with van der Waals surface area (Å²) < 4.78 is 48.1. The smallest absolute Gasteiger partial charge is 0.307 e. The van der Waals surface area contributed by atoms with Crippen LogP contribution in [-0.2, 0) is 27.8 Å². The minimum Gasteiger partial charge on any atom is -0.497 e. The Kier molecular flexibility index (Phi) is 7.85. The summed E-state index contributed by atoms with van der Waals surface area (Å²) in [5.41, 5.74) is 3.52. The molecule has 1 N–H and O–H groups in total. The van der Waals surface area contributed by atoms with Crippen molar-refractivity contribution < 1.29 is 27.4 Å². The number of carboxylic acids is 1. The maximum Gasteiger partial charge on any atom is 0.307 e. The SMILES string of the molecule is COc1ccc(CN(C(C)C)S(=O)(=O)c2ccc(-c3c(C)c(CC(=O)O)cc4ccc(F)cc34)cc2)cc1. The number of hydrogen-bond donors (Lipinski definition) is 1. The number of carbonyl (C=O) groups is 1. The lowest BCUT2D eigenvalue weighted by atomic mass is 9.89. The average Bonchev–Trinajstić information content (AvgIpc) is 2.88. The Morgan fingerprint density at radius 2 is 1.66 bits per heavy atom. The molecule has 0 radical (unpaired) electrons. The third-order valence-corrected chi connectivity index (χ3v) is 8.67. The molecule has 0 atom stereocenters. The molecule has 198 valence electrons. The number of nitrogens with zero attached hydrogens (tertiary/aromatic N) is 1. The number of sulfonamides is 1. The van der Waals surface area contributed by atoms with Crippen LogP contribution in [0.3, 0.4) is 0 Å². The molecule has 4 rings (SSSR count). The minimum absolute atomic E-state index is 0.137. The highest BCUT2D eigenvalue weighted by atomic mass is 32.2. The molecule has 38 heavy (non-hydrogen) atoms. The van der Waals surface area contributed by atoms with E-state index in [9.17, 15) is 22.7 Å². The van der Waals surface area contributed by atoms with Crippen LogP contribution in [0.2, 0.25) is 0 Å². The Bertz CT molecular complexity index is 1580. The first kappa shape index (κ1) is 27.3. The van der Waals surface area contributed by atoms with Gasteiger partial charge < -0.3 is 9.84 Å². The lowest BCUT2D eigenvalue weighted by molar-refractivity contribution is -0.136. The summed E-state index contributed by atoms with van der Waals surface area (Å²) in [6.07, 6.45) is -0.173. The second-order valence-corrected chi connectivity index (χ2v) is 11.4. The third kappa shape index (κ3) is 5.56. The van der Waals surface area contributed by atoms with Gasteiger partial charge in [0.2, 0.25) is 10.0 Å². The Morgan fingerprint density at radius 3 is 2.24 bits per heavy atom. The van der Waals surface area contributed by atoms with Crippen molar-refractivity contribution in [1.82, 2.24) is 4.31 Å². The third-order valence-electron chi connectivity index (χ3n) is 6.64. The van der Waals surface area contributed by atoms with Crippen LogP contribution in [0.15, 0.2) is 77.7 Å². The number of hydrogen-bond acceptors (Lipinski definition) is 4. The molecule has 0 heterocycles. The molecule has 0 bridgehead atoms. The molecule has 4 aromatic rings. The molecule has 0 aliphatic rings. The van der Waals surface area contributed by atoms with Crippen molar-refractivity contribution >= 4 is 26.8 Å². The largest absolute Gasteiger partial charge is 0.497 e. The standard InChI is InChI=1S/C30H30FNO5S/c1-19(2)32(18-21-5-11-26(37-4)12-6-21)38(35,36)27-13-8-22(9-14-27)30-20(3)24(16-29(33)34)15-23-7-10-25(31)17-28(23)30/h5-15,17,19H,16,18H2,1-4H3,(H,33,34). The molecule has 8 heteroatoms. The fourth-order valence-corrected chi connectivity index (χ4v) is 6.26.